The van der Waals surface area contributed by atoms with Crippen molar-refractivity contribution in [2.75, 3.05) is 19.0 Å². The van der Waals surface area contributed by atoms with Gasteiger partial charge >= 0.3 is 12.0 Å². The van der Waals surface area contributed by atoms with Crippen LogP contribution in [0.25, 0.3) is 0 Å². The van der Waals surface area contributed by atoms with Crippen LogP contribution in [0.1, 0.15) is 33.4 Å². The number of anilines is 1. The van der Waals surface area contributed by atoms with E-state index in [1.807, 2.05) is 0 Å². The van der Waals surface area contributed by atoms with Crippen LogP contribution in [-0.4, -0.2) is 40.5 Å². The molecule has 2 N–H and O–H groups in total. The first kappa shape index (κ1) is 19.6. The largest absolute Gasteiger partial charge is 0.465 e. The molecule has 2 heterocycles. The zero-order valence-electron chi connectivity index (χ0n) is 16.0. The molecule has 0 spiro atoms. The Labute approximate surface area is 170 Å². The summed E-state index contributed by atoms with van der Waals surface area (Å²) in [4.78, 5) is 34.0. The minimum atomic E-state index is -0.778. The molecule has 0 radical (unpaired) electrons. The lowest BCUT2D eigenvalue weighted by Gasteiger charge is -2.35. The van der Waals surface area contributed by atoms with E-state index in [1.165, 1.54) is 36.5 Å². The van der Waals surface area contributed by atoms with Gasteiger partial charge in [-0.2, -0.15) is 0 Å². The number of hydrogen-bond acceptors (Lipinski definition) is 4. The van der Waals surface area contributed by atoms with Gasteiger partial charge in [0.2, 0.25) is 0 Å². The second-order valence-electron chi connectivity index (χ2n) is 6.78. The maximum atomic E-state index is 13.9. The molecular weight excluding hydrogens is 394 g/mol. The number of hydrogen-bond donors (Lipinski definition) is 2. The van der Waals surface area contributed by atoms with Crippen LogP contribution in [0, 0.1) is 11.6 Å². The molecule has 1 aliphatic rings. The molecule has 0 saturated carbocycles. The van der Waals surface area contributed by atoms with Crippen molar-refractivity contribution in [2.45, 2.75) is 12.5 Å². The van der Waals surface area contributed by atoms with Gasteiger partial charge in [-0.15, -0.1) is 0 Å². The van der Waals surface area contributed by atoms with Crippen LogP contribution < -0.4 is 5.32 Å². The van der Waals surface area contributed by atoms with E-state index in [-0.39, 0.29) is 11.3 Å². The third-order valence-corrected chi connectivity index (χ3v) is 4.98. The highest BCUT2D eigenvalue weighted by molar-refractivity contribution is 6.01. The summed E-state index contributed by atoms with van der Waals surface area (Å²) in [6, 6.07) is 8.22. The minimum absolute atomic E-state index is 0.106. The molecule has 2 amide bonds. The van der Waals surface area contributed by atoms with E-state index in [4.69, 9.17) is 0 Å². The maximum Gasteiger partial charge on any atom is 0.340 e. The summed E-state index contributed by atoms with van der Waals surface area (Å²) in [5.41, 5.74) is 2.05. The molecule has 0 saturated heterocycles. The smallest absolute Gasteiger partial charge is 0.340 e. The Balaban J connectivity index is 1.69. The topological polar surface area (TPSA) is 87.3 Å². The summed E-state index contributed by atoms with van der Waals surface area (Å²) in [6.07, 6.45) is 2.07. The molecule has 1 aliphatic heterocycles. The van der Waals surface area contributed by atoms with E-state index < -0.39 is 29.7 Å². The molecule has 0 aliphatic carbocycles. The molecule has 7 nitrogen and oxygen atoms in total. The minimum Gasteiger partial charge on any atom is -0.465 e. The van der Waals surface area contributed by atoms with E-state index in [1.54, 1.807) is 12.1 Å². The molecule has 30 heavy (non-hydrogen) atoms. The van der Waals surface area contributed by atoms with Crippen LogP contribution in [0.5, 0.6) is 0 Å². The van der Waals surface area contributed by atoms with Crippen LogP contribution >= 0.6 is 0 Å². The van der Waals surface area contributed by atoms with Crippen LogP contribution in [0.15, 0.2) is 48.8 Å². The summed E-state index contributed by atoms with van der Waals surface area (Å²) in [7, 11) is 1.17. The monoisotopic (exact) mass is 412 g/mol. The molecule has 0 fully saturated rings. The van der Waals surface area contributed by atoms with E-state index >= 15 is 0 Å². The number of aromatic amines is 1. The van der Waals surface area contributed by atoms with Crippen LogP contribution in [0.2, 0.25) is 0 Å². The number of fused-ring (bicyclic) bond motifs is 1. The van der Waals surface area contributed by atoms with Crippen molar-refractivity contribution in [3.05, 3.63) is 82.9 Å². The summed E-state index contributed by atoms with van der Waals surface area (Å²) < 4.78 is 32.2. The Kier molecular flexibility index (Phi) is 5.18. The van der Waals surface area contributed by atoms with E-state index in [9.17, 15) is 18.4 Å². The number of halogens is 2. The lowest BCUT2D eigenvalue weighted by atomic mass is 9.96. The number of rotatable bonds is 3. The fourth-order valence-electron chi connectivity index (χ4n) is 3.60. The number of ether oxygens (including phenoxy) is 1. The van der Waals surface area contributed by atoms with E-state index in [0.29, 0.717) is 24.2 Å². The molecule has 1 aromatic heterocycles. The van der Waals surface area contributed by atoms with Crippen molar-refractivity contribution in [1.29, 1.82) is 0 Å². The molecule has 154 valence electrons. The summed E-state index contributed by atoms with van der Waals surface area (Å²) in [6.45, 7) is 0.330. The molecule has 9 heteroatoms. The SMILES string of the molecule is COC(=O)c1cc(F)ccc1NC(=O)N1CCc2[nH]cnc2[C@@H]1c1cccc(F)c1. The highest BCUT2D eigenvalue weighted by atomic mass is 19.1. The predicted molar refractivity (Wildman–Crippen MR) is 104 cm³/mol. The van der Waals surface area contributed by atoms with Crippen molar-refractivity contribution < 1.29 is 23.1 Å². The number of methoxy groups -OCH3 is 1. The van der Waals surface area contributed by atoms with Gasteiger partial charge in [-0.25, -0.2) is 23.4 Å². The molecule has 3 aromatic rings. The van der Waals surface area contributed by atoms with Gasteiger partial charge in [0.25, 0.3) is 0 Å². The van der Waals surface area contributed by atoms with Gasteiger partial charge < -0.3 is 19.9 Å². The molecule has 0 bridgehead atoms. The number of imidazole rings is 1. The van der Waals surface area contributed by atoms with Crippen LogP contribution in [-0.2, 0) is 11.2 Å². The summed E-state index contributed by atoms with van der Waals surface area (Å²) in [5, 5.41) is 2.65. The van der Waals surface area contributed by atoms with Crippen molar-refractivity contribution >= 4 is 17.7 Å². The zero-order valence-corrected chi connectivity index (χ0v) is 16.0. The fraction of sp³-hybridized carbons (Fsp3) is 0.190. The Morgan fingerprint density at radius 1 is 1.20 bits per heavy atom. The number of amides is 2. The molecule has 4 rings (SSSR count). The number of aromatic nitrogens is 2. The zero-order chi connectivity index (χ0) is 21.3. The number of H-pyrrole nitrogens is 1. The molecule has 2 aromatic carbocycles. The van der Waals surface area contributed by atoms with Gasteiger partial charge in [0.05, 0.1) is 30.4 Å². The number of nitrogens with one attached hydrogen (secondary N) is 2. The van der Waals surface area contributed by atoms with Gasteiger partial charge in [0, 0.05) is 18.7 Å². The quantitative estimate of drug-likeness (QED) is 0.643. The van der Waals surface area contributed by atoms with Gasteiger partial charge in [0.15, 0.2) is 0 Å². The average molecular weight is 412 g/mol. The first-order valence-corrected chi connectivity index (χ1v) is 9.21. The second-order valence-corrected chi connectivity index (χ2v) is 6.78. The number of benzene rings is 2. The van der Waals surface area contributed by atoms with Gasteiger partial charge in [-0.1, -0.05) is 12.1 Å². The summed E-state index contributed by atoms with van der Waals surface area (Å²) in [5.74, 6) is -1.84. The summed E-state index contributed by atoms with van der Waals surface area (Å²) >= 11 is 0. The molecular formula is C21H18F2N4O3. The lowest BCUT2D eigenvalue weighted by Crippen LogP contribution is -2.43. The predicted octanol–water partition coefficient (Wildman–Crippen LogP) is 3.65. The normalized spacial score (nSPS) is 15.4. The van der Waals surface area contributed by atoms with Crippen molar-refractivity contribution in [2.24, 2.45) is 0 Å². The van der Waals surface area contributed by atoms with Gasteiger partial charge in [-0.05, 0) is 35.9 Å². The van der Waals surface area contributed by atoms with Gasteiger partial charge in [0.1, 0.15) is 17.7 Å². The number of carbonyl (C=O) groups excluding carboxylic acids is 2. The number of carbonyl (C=O) groups is 2. The first-order valence-electron chi connectivity index (χ1n) is 9.21. The van der Waals surface area contributed by atoms with Crippen LogP contribution in [0.4, 0.5) is 19.3 Å². The standard InChI is InChI=1S/C21H18F2N4O3/c1-30-20(28)15-10-14(23)5-6-16(15)26-21(29)27-8-7-17-18(25-11-24-17)19(27)12-3-2-4-13(22)9-12/h2-6,9-11,19H,7-8H2,1H3,(H,24,25)(H,26,29)/t19-/m0/s1. The second kappa shape index (κ2) is 7.94. The highest BCUT2D eigenvalue weighted by Crippen LogP contribution is 2.34. The van der Waals surface area contributed by atoms with Crippen molar-refractivity contribution in [1.82, 2.24) is 14.9 Å². The maximum absolute atomic E-state index is 13.9. The number of nitrogens with zero attached hydrogens (tertiary/aromatic N) is 2. The third-order valence-electron chi connectivity index (χ3n) is 4.98. The number of esters is 1. The van der Waals surface area contributed by atoms with E-state index in [2.05, 4.69) is 20.0 Å². The number of urea groups is 1. The fourth-order valence-corrected chi connectivity index (χ4v) is 3.60. The Morgan fingerprint density at radius 2 is 2.00 bits per heavy atom. The Morgan fingerprint density at radius 3 is 2.77 bits per heavy atom. The molecule has 0 unspecified atom stereocenters. The lowest BCUT2D eigenvalue weighted by molar-refractivity contribution is 0.0601. The Bertz CT molecular complexity index is 1120. The van der Waals surface area contributed by atoms with E-state index in [0.717, 1.165) is 17.8 Å². The van der Waals surface area contributed by atoms with Gasteiger partial charge in [-0.3, -0.25) is 0 Å². The van der Waals surface area contributed by atoms with Crippen molar-refractivity contribution in [3.8, 4) is 0 Å². The molecule has 1 atom stereocenters. The Hall–Kier alpha value is -3.75. The third kappa shape index (κ3) is 3.61. The average Bonchev–Trinajstić information content (AvgIpc) is 3.22. The van der Waals surface area contributed by atoms with Crippen molar-refractivity contribution in [3.63, 3.8) is 0 Å². The van der Waals surface area contributed by atoms with Crippen LogP contribution in [0.3, 0.4) is 0 Å². The first-order chi connectivity index (χ1) is 14.5. The highest BCUT2D eigenvalue weighted by Gasteiger charge is 2.34.